The summed E-state index contributed by atoms with van der Waals surface area (Å²) >= 11 is 0. The third-order valence-corrected chi connectivity index (χ3v) is 1.86. The fraction of sp³-hybridized carbons (Fsp3) is 0.364. The molecule has 0 N–H and O–H groups in total. The maximum atomic E-state index is 4.16. The Kier molecular flexibility index (Phi) is 3.03. The highest BCUT2D eigenvalue weighted by Gasteiger charge is 1.94. The molecule has 0 bridgehead atoms. The lowest BCUT2D eigenvalue weighted by Crippen LogP contribution is -1.84. The van der Waals surface area contributed by atoms with Crippen LogP contribution < -0.4 is 0 Å². The highest BCUT2D eigenvalue weighted by atomic mass is 14.6. The smallest absolute Gasteiger partial charge is 0.0378 e. The molecule has 1 aromatic rings. The molecule has 12 heavy (non-hydrogen) atoms. The summed E-state index contributed by atoms with van der Waals surface area (Å²) in [6.45, 7) is 6.30. The van der Waals surface area contributed by atoms with Crippen molar-refractivity contribution in [1.82, 2.24) is 4.98 Å². The zero-order chi connectivity index (χ0) is 8.97. The lowest BCUT2D eigenvalue weighted by atomic mass is 10.1. The van der Waals surface area contributed by atoms with Crippen LogP contribution in [0.2, 0.25) is 0 Å². The van der Waals surface area contributed by atoms with E-state index in [-0.39, 0.29) is 0 Å². The van der Waals surface area contributed by atoms with Gasteiger partial charge in [-0.15, -0.1) is 0 Å². The number of allylic oxidation sites excluding steroid dienone is 2. The molecule has 0 atom stereocenters. The summed E-state index contributed by atoms with van der Waals surface area (Å²) in [5, 5.41) is 0. The Labute approximate surface area is 74.2 Å². The summed E-state index contributed by atoms with van der Waals surface area (Å²) in [6.07, 6.45) is 5.18. The quantitative estimate of drug-likeness (QED) is 0.649. The molecule has 64 valence electrons. The van der Waals surface area contributed by atoms with Gasteiger partial charge < -0.3 is 0 Å². The number of nitrogens with zero attached hydrogens (tertiary/aromatic N) is 1. The van der Waals surface area contributed by atoms with Gasteiger partial charge in [0.25, 0.3) is 0 Å². The Morgan fingerprint density at radius 3 is 2.92 bits per heavy atom. The van der Waals surface area contributed by atoms with Crippen molar-refractivity contribution in [3.05, 3.63) is 35.7 Å². The van der Waals surface area contributed by atoms with Gasteiger partial charge in [0.2, 0.25) is 0 Å². The predicted molar refractivity (Wildman–Crippen MR) is 52.9 cm³/mol. The number of aromatic nitrogens is 1. The molecule has 0 unspecified atom stereocenters. The zero-order valence-electron chi connectivity index (χ0n) is 7.96. The lowest BCUT2D eigenvalue weighted by Gasteiger charge is -2.01. The van der Waals surface area contributed by atoms with E-state index in [1.165, 1.54) is 11.1 Å². The number of rotatable bonds is 2. The molecule has 1 heteroatoms. The number of aryl methyl sites for hydroxylation is 1. The molecule has 0 amide bonds. The summed E-state index contributed by atoms with van der Waals surface area (Å²) in [4.78, 5) is 4.16. The van der Waals surface area contributed by atoms with Gasteiger partial charge in [0, 0.05) is 11.9 Å². The van der Waals surface area contributed by atoms with Gasteiger partial charge in [-0.25, -0.2) is 0 Å². The van der Waals surface area contributed by atoms with Crippen LogP contribution in [0.25, 0.3) is 5.57 Å². The highest BCUT2D eigenvalue weighted by Crippen LogP contribution is 2.13. The van der Waals surface area contributed by atoms with Crippen molar-refractivity contribution >= 4 is 5.57 Å². The van der Waals surface area contributed by atoms with E-state index < -0.39 is 0 Å². The second-order valence-corrected chi connectivity index (χ2v) is 2.98. The van der Waals surface area contributed by atoms with Crippen LogP contribution in [0.5, 0.6) is 0 Å². The monoisotopic (exact) mass is 161 g/mol. The molecule has 0 fully saturated rings. The molecule has 0 aliphatic carbocycles. The van der Waals surface area contributed by atoms with Crippen LogP contribution in [0.3, 0.4) is 0 Å². The van der Waals surface area contributed by atoms with Crippen molar-refractivity contribution in [3.63, 3.8) is 0 Å². The van der Waals surface area contributed by atoms with Crippen molar-refractivity contribution in [3.8, 4) is 0 Å². The minimum atomic E-state index is 1.08. The summed E-state index contributed by atoms with van der Waals surface area (Å²) < 4.78 is 0. The topological polar surface area (TPSA) is 12.9 Å². The van der Waals surface area contributed by atoms with E-state index in [1.807, 2.05) is 13.1 Å². The number of pyridine rings is 1. The Balaban J connectivity index is 2.95. The molecule has 0 aliphatic rings. The molecule has 0 saturated heterocycles. The van der Waals surface area contributed by atoms with Gasteiger partial charge in [-0.3, -0.25) is 4.98 Å². The average Bonchev–Trinajstić information content (AvgIpc) is 2.05. The molecular weight excluding hydrogens is 146 g/mol. The summed E-state index contributed by atoms with van der Waals surface area (Å²) in [5.41, 5.74) is 3.70. The normalized spacial score (nSPS) is 11.8. The second-order valence-electron chi connectivity index (χ2n) is 2.98. The molecule has 0 spiro atoms. The maximum Gasteiger partial charge on any atom is 0.0378 e. The van der Waals surface area contributed by atoms with Crippen LogP contribution in [0.1, 0.15) is 31.5 Å². The second kappa shape index (κ2) is 4.05. The predicted octanol–water partition coefficient (Wildman–Crippen LogP) is 3.20. The highest BCUT2D eigenvalue weighted by molar-refractivity contribution is 5.63. The van der Waals surface area contributed by atoms with E-state index in [1.54, 1.807) is 0 Å². The van der Waals surface area contributed by atoms with Crippen LogP contribution in [0, 0.1) is 6.92 Å². The first-order valence-electron chi connectivity index (χ1n) is 4.34. The van der Waals surface area contributed by atoms with Crippen LogP contribution in [0.4, 0.5) is 0 Å². The fourth-order valence-corrected chi connectivity index (χ4v) is 1.21. The van der Waals surface area contributed by atoms with Gasteiger partial charge in [0.05, 0.1) is 0 Å². The fourth-order valence-electron chi connectivity index (χ4n) is 1.21. The van der Waals surface area contributed by atoms with Gasteiger partial charge in [-0.1, -0.05) is 13.0 Å². The van der Waals surface area contributed by atoms with Gasteiger partial charge in [-0.2, -0.15) is 0 Å². The third-order valence-electron chi connectivity index (χ3n) is 1.86. The van der Waals surface area contributed by atoms with Crippen LogP contribution in [0.15, 0.2) is 24.4 Å². The van der Waals surface area contributed by atoms with Gasteiger partial charge >= 0.3 is 0 Å². The Morgan fingerprint density at radius 2 is 2.33 bits per heavy atom. The van der Waals surface area contributed by atoms with Crippen molar-refractivity contribution in [2.24, 2.45) is 0 Å². The molecule has 0 radical (unpaired) electrons. The van der Waals surface area contributed by atoms with Crippen molar-refractivity contribution in [2.75, 3.05) is 0 Å². The summed E-state index contributed by atoms with van der Waals surface area (Å²) in [6, 6.07) is 4.16. The number of hydrogen-bond donors (Lipinski definition) is 0. The summed E-state index contributed by atoms with van der Waals surface area (Å²) in [7, 11) is 0. The number of hydrogen-bond acceptors (Lipinski definition) is 1. The van der Waals surface area contributed by atoms with E-state index in [0.717, 1.165) is 12.1 Å². The molecular formula is C11H15N. The lowest BCUT2D eigenvalue weighted by molar-refractivity contribution is 1.18. The van der Waals surface area contributed by atoms with Crippen LogP contribution >= 0.6 is 0 Å². The SMILES string of the molecule is CC/C=C(/C)c1ccnc(C)c1. The maximum absolute atomic E-state index is 4.16. The average molecular weight is 161 g/mol. The largest absolute Gasteiger partial charge is 0.262 e. The zero-order valence-corrected chi connectivity index (χ0v) is 7.96. The van der Waals surface area contributed by atoms with E-state index >= 15 is 0 Å². The molecule has 0 aliphatic heterocycles. The van der Waals surface area contributed by atoms with E-state index in [0.29, 0.717) is 0 Å². The van der Waals surface area contributed by atoms with E-state index in [4.69, 9.17) is 0 Å². The first-order valence-corrected chi connectivity index (χ1v) is 4.34. The Bertz CT molecular complexity index is 287. The van der Waals surface area contributed by atoms with Gasteiger partial charge in [0.1, 0.15) is 0 Å². The minimum absolute atomic E-state index is 1.08. The standard InChI is InChI=1S/C11H15N/c1-4-5-9(2)11-6-7-12-10(3)8-11/h5-8H,4H2,1-3H3/b9-5-. The van der Waals surface area contributed by atoms with E-state index in [9.17, 15) is 0 Å². The van der Waals surface area contributed by atoms with Gasteiger partial charge in [-0.05, 0) is 43.5 Å². The summed E-state index contributed by atoms with van der Waals surface area (Å²) in [5.74, 6) is 0. The van der Waals surface area contributed by atoms with Crippen molar-refractivity contribution < 1.29 is 0 Å². The first kappa shape index (κ1) is 8.98. The van der Waals surface area contributed by atoms with Crippen LogP contribution in [-0.4, -0.2) is 4.98 Å². The molecule has 1 rings (SSSR count). The Morgan fingerprint density at radius 1 is 1.58 bits per heavy atom. The molecule has 0 saturated carbocycles. The molecule has 1 heterocycles. The van der Waals surface area contributed by atoms with Gasteiger partial charge in [0.15, 0.2) is 0 Å². The Hall–Kier alpha value is -1.11. The van der Waals surface area contributed by atoms with E-state index in [2.05, 4.69) is 37.0 Å². The molecule has 0 aromatic carbocycles. The van der Waals surface area contributed by atoms with Crippen molar-refractivity contribution in [2.45, 2.75) is 27.2 Å². The minimum Gasteiger partial charge on any atom is -0.262 e. The van der Waals surface area contributed by atoms with Crippen LogP contribution in [-0.2, 0) is 0 Å². The molecule has 1 nitrogen and oxygen atoms in total. The first-order chi connectivity index (χ1) is 5.74. The van der Waals surface area contributed by atoms with Crippen molar-refractivity contribution in [1.29, 1.82) is 0 Å². The third kappa shape index (κ3) is 2.19. The molecule has 1 aromatic heterocycles.